The number of unbranched alkanes of at least 4 members (excludes halogenated alkanes) is 5. The highest BCUT2D eigenvalue weighted by Crippen LogP contribution is 2.33. The van der Waals surface area contributed by atoms with Crippen molar-refractivity contribution < 1.29 is 24.9 Å². The van der Waals surface area contributed by atoms with Crippen LogP contribution in [0.4, 0.5) is 0 Å². The SMILES string of the molecule is CC/C=C\C/C=C\C/C=C\CCCCCCCC(=O)C1=C(O)C(C)=C(O)[C@@](C)(O)C1=O. The zero-order chi connectivity index (χ0) is 23.3. The molecule has 0 heterocycles. The van der Waals surface area contributed by atoms with Crippen molar-refractivity contribution in [1.29, 1.82) is 0 Å². The molecule has 31 heavy (non-hydrogen) atoms. The highest BCUT2D eigenvalue weighted by atomic mass is 16.3. The van der Waals surface area contributed by atoms with Gasteiger partial charge >= 0.3 is 0 Å². The van der Waals surface area contributed by atoms with E-state index in [-0.39, 0.29) is 12.0 Å². The van der Waals surface area contributed by atoms with Gasteiger partial charge in [-0.25, -0.2) is 0 Å². The van der Waals surface area contributed by atoms with Gasteiger partial charge in [-0.1, -0.05) is 62.6 Å². The molecule has 5 heteroatoms. The largest absolute Gasteiger partial charge is 0.508 e. The summed E-state index contributed by atoms with van der Waals surface area (Å²) in [7, 11) is 0. The molecule has 1 atom stereocenters. The third-order valence-corrected chi connectivity index (χ3v) is 5.41. The molecule has 0 aromatic rings. The van der Waals surface area contributed by atoms with E-state index in [4.69, 9.17) is 0 Å². The number of carbonyl (C=O) groups excluding carboxylic acids is 2. The monoisotopic (exact) mass is 430 g/mol. The van der Waals surface area contributed by atoms with Crippen LogP contribution in [0.3, 0.4) is 0 Å². The molecule has 0 bridgehead atoms. The Morgan fingerprint density at radius 2 is 1.45 bits per heavy atom. The van der Waals surface area contributed by atoms with Gasteiger partial charge in [0.05, 0.1) is 0 Å². The van der Waals surface area contributed by atoms with Crippen LogP contribution < -0.4 is 0 Å². The van der Waals surface area contributed by atoms with Gasteiger partial charge in [-0.3, -0.25) is 9.59 Å². The van der Waals surface area contributed by atoms with Crippen LogP contribution in [0.15, 0.2) is 59.1 Å². The number of hydrogen-bond acceptors (Lipinski definition) is 5. The van der Waals surface area contributed by atoms with Crippen molar-refractivity contribution in [2.24, 2.45) is 0 Å². The molecular weight excluding hydrogens is 392 g/mol. The highest BCUT2D eigenvalue weighted by Gasteiger charge is 2.45. The first-order valence-corrected chi connectivity index (χ1v) is 11.3. The van der Waals surface area contributed by atoms with E-state index >= 15 is 0 Å². The molecule has 0 spiro atoms. The molecule has 0 saturated heterocycles. The maximum absolute atomic E-state index is 12.4. The molecule has 1 aliphatic rings. The Morgan fingerprint density at radius 3 is 2.10 bits per heavy atom. The molecule has 0 aromatic carbocycles. The molecule has 1 aliphatic carbocycles. The molecule has 0 aliphatic heterocycles. The third kappa shape index (κ3) is 8.33. The van der Waals surface area contributed by atoms with Crippen molar-refractivity contribution in [2.75, 3.05) is 0 Å². The van der Waals surface area contributed by atoms with E-state index in [0.29, 0.717) is 6.42 Å². The summed E-state index contributed by atoms with van der Waals surface area (Å²) in [5.74, 6) is -2.58. The van der Waals surface area contributed by atoms with Gasteiger partial charge in [0.15, 0.2) is 11.4 Å². The maximum atomic E-state index is 12.4. The fourth-order valence-corrected chi connectivity index (χ4v) is 3.41. The van der Waals surface area contributed by atoms with E-state index in [9.17, 15) is 24.9 Å². The number of Topliss-reactive ketones (excluding diaryl/α,β-unsaturated/α-hetero) is 2. The average molecular weight is 431 g/mol. The van der Waals surface area contributed by atoms with Crippen molar-refractivity contribution in [3.05, 3.63) is 59.1 Å². The Bertz CT molecular complexity index is 763. The minimum absolute atomic E-state index is 0.0372. The van der Waals surface area contributed by atoms with Crippen molar-refractivity contribution in [3.8, 4) is 0 Å². The normalized spacial score (nSPS) is 20.2. The number of allylic oxidation sites excluding steroid dienone is 7. The average Bonchev–Trinajstić information content (AvgIpc) is 2.74. The van der Waals surface area contributed by atoms with Crippen molar-refractivity contribution in [2.45, 2.75) is 90.6 Å². The second-order valence-corrected chi connectivity index (χ2v) is 8.12. The second-order valence-electron chi connectivity index (χ2n) is 8.12. The van der Waals surface area contributed by atoms with Crippen LogP contribution in [0.5, 0.6) is 0 Å². The lowest BCUT2D eigenvalue weighted by atomic mass is 9.81. The number of rotatable bonds is 14. The first-order valence-electron chi connectivity index (χ1n) is 11.3. The summed E-state index contributed by atoms with van der Waals surface area (Å²) in [5.41, 5.74) is -2.61. The minimum atomic E-state index is -2.17. The van der Waals surface area contributed by atoms with E-state index in [1.165, 1.54) is 6.92 Å². The van der Waals surface area contributed by atoms with E-state index in [0.717, 1.165) is 58.3 Å². The molecular formula is C26H38O5. The molecule has 172 valence electrons. The zero-order valence-electron chi connectivity index (χ0n) is 19.2. The maximum Gasteiger partial charge on any atom is 0.209 e. The van der Waals surface area contributed by atoms with Gasteiger partial charge in [-0.2, -0.15) is 0 Å². The Hall–Kier alpha value is -2.40. The van der Waals surface area contributed by atoms with Crippen LogP contribution in [0.1, 0.15) is 85.0 Å². The van der Waals surface area contributed by atoms with Gasteiger partial charge in [-0.05, 0) is 52.4 Å². The van der Waals surface area contributed by atoms with Crippen LogP contribution in [0.2, 0.25) is 0 Å². The highest BCUT2D eigenvalue weighted by molar-refractivity contribution is 6.25. The lowest BCUT2D eigenvalue weighted by Crippen LogP contribution is -2.44. The quantitative estimate of drug-likeness (QED) is 0.175. The summed E-state index contributed by atoms with van der Waals surface area (Å²) in [4.78, 5) is 24.7. The van der Waals surface area contributed by atoms with E-state index in [1.54, 1.807) is 0 Å². The summed E-state index contributed by atoms with van der Waals surface area (Å²) in [6, 6.07) is 0. The molecule has 0 saturated carbocycles. The molecule has 0 aromatic heterocycles. The van der Waals surface area contributed by atoms with Crippen LogP contribution in [-0.4, -0.2) is 32.5 Å². The second kappa shape index (κ2) is 13.8. The van der Waals surface area contributed by atoms with Crippen LogP contribution in [-0.2, 0) is 9.59 Å². The lowest BCUT2D eigenvalue weighted by molar-refractivity contribution is -0.133. The molecule has 0 amide bonds. The van der Waals surface area contributed by atoms with Crippen LogP contribution in [0.25, 0.3) is 0 Å². The Balaban J connectivity index is 2.23. The third-order valence-electron chi connectivity index (χ3n) is 5.41. The molecule has 0 fully saturated rings. The van der Waals surface area contributed by atoms with Gasteiger partial charge in [0.2, 0.25) is 5.78 Å². The Kier molecular flexibility index (Phi) is 11.9. The van der Waals surface area contributed by atoms with Crippen LogP contribution >= 0.6 is 0 Å². The molecule has 3 N–H and O–H groups in total. The van der Waals surface area contributed by atoms with Gasteiger partial charge in [-0.15, -0.1) is 0 Å². The topological polar surface area (TPSA) is 94.8 Å². The Morgan fingerprint density at radius 1 is 0.903 bits per heavy atom. The number of carbonyl (C=O) groups is 2. The van der Waals surface area contributed by atoms with Gasteiger partial charge < -0.3 is 15.3 Å². The summed E-state index contributed by atoms with van der Waals surface area (Å²) in [6.07, 6.45) is 22.0. The lowest BCUT2D eigenvalue weighted by Gasteiger charge is -2.28. The fourth-order valence-electron chi connectivity index (χ4n) is 3.41. The van der Waals surface area contributed by atoms with E-state index < -0.39 is 34.3 Å². The van der Waals surface area contributed by atoms with Crippen molar-refractivity contribution in [1.82, 2.24) is 0 Å². The molecule has 1 rings (SSSR count). The fraction of sp³-hybridized carbons (Fsp3) is 0.538. The standard InChI is InChI=1S/C26H38O5/c1-4-5-6-7-8-9-10-11-12-13-14-15-16-17-18-19-21(27)22-23(28)20(2)24(29)26(3,31)25(22)30/h5-6,8-9,11-12,28-29,31H,4,7,10,13-19H2,1-3H3/b6-5-,9-8-,12-11-/t26-/m1/s1. The van der Waals surface area contributed by atoms with Crippen molar-refractivity contribution >= 4 is 11.6 Å². The predicted octanol–water partition coefficient (Wildman–Crippen LogP) is 6.12. The van der Waals surface area contributed by atoms with Gasteiger partial charge in [0, 0.05) is 12.0 Å². The molecule has 5 nitrogen and oxygen atoms in total. The summed E-state index contributed by atoms with van der Waals surface area (Å²) in [5, 5.41) is 30.1. The molecule has 0 radical (unpaired) electrons. The van der Waals surface area contributed by atoms with E-state index in [2.05, 4.69) is 43.4 Å². The Labute approximate surface area is 186 Å². The zero-order valence-corrected chi connectivity index (χ0v) is 19.2. The van der Waals surface area contributed by atoms with Gasteiger partial charge in [0.1, 0.15) is 17.1 Å². The predicted molar refractivity (Wildman–Crippen MR) is 125 cm³/mol. The first kappa shape index (κ1) is 26.6. The molecule has 0 unspecified atom stereocenters. The number of aliphatic hydroxyl groups excluding tert-OH is 2. The van der Waals surface area contributed by atoms with Gasteiger partial charge in [0.25, 0.3) is 0 Å². The number of aliphatic hydroxyl groups is 3. The minimum Gasteiger partial charge on any atom is -0.508 e. The smallest absolute Gasteiger partial charge is 0.209 e. The van der Waals surface area contributed by atoms with E-state index in [1.807, 2.05) is 0 Å². The van der Waals surface area contributed by atoms with Crippen LogP contribution in [0, 0.1) is 0 Å². The van der Waals surface area contributed by atoms with Crippen molar-refractivity contribution in [3.63, 3.8) is 0 Å². The summed E-state index contributed by atoms with van der Waals surface area (Å²) < 4.78 is 0. The number of hydrogen-bond donors (Lipinski definition) is 3. The summed E-state index contributed by atoms with van der Waals surface area (Å²) in [6.45, 7) is 4.63. The number of ketones is 2. The summed E-state index contributed by atoms with van der Waals surface area (Å²) >= 11 is 0. The first-order chi connectivity index (χ1) is 14.7.